The van der Waals surface area contributed by atoms with E-state index in [2.05, 4.69) is 22.2 Å². The fourth-order valence-electron chi connectivity index (χ4n) is 1.72. The second kappa shape index (κ2) is 6.13. The Hall–Kier alpha value is -1.17. The molecule has 6 heteroatoms. The Kier molecular flexibility index (Phi) is 4.52. The summed E-state index contributed by atoms with van der Waals surface area (Å²) < 4.78 is 0. The lowest BCUT2D eigenvalue weighted by molar-refractivity contribution is 0.589. The number of anilines is 1. The highest BCUT2D eigenvalue weighted by molar-refractivity contribution is 7.07. The molecule has 0 aliphatic carbocycles. The summed E-state index contributed by atoms with van der Waals surface area (Å²) in [6.07, 6.45) is 2.59. The fraction of sp³-hybridized carbons (Fsp3) is 0.333. The molecule has 2 aromatic heterocycles. The zero-order chi connectivity index (χ0) is 13.0. The highest BCUT2D eigenvalue weighted by Crippen LogP contribution is 2.27. The maximum atomic E-state index is 5.99. The number of nitrogens with two attached hydrogens (primary N) is 1. The Bertz CT molecular complexity index is 501. The van der Waals surface area contributed by atoms with E-state index in [0.29, 0.717) is 10.8 Å². The van der Waals surface area contributed by atoms with Crippen LogP contribution >= 0.6 is 22.9 Å². The number of nitrogens with one attached hydrogen (secondary N) is 1. The van der Waals surface area contributed by atoms with Gasteiger partial charge in [-0.05, 0) is 19.0 Å². The van der Waals surface area contributed by atoms with Gasteiger partial charge in [0.15, 0.2) is 0 Å². The van der Waals surface area contributed by atoms with E-state index in [1.807, 2.05) is 17.0 Å². The SMILES string of the molecule is CCCNC(c1cscn1)c1cc(Cl)cnc1N. The molecule has 0 saturated heterocycles. The van der Waals surface area contributed by atoms with Gasteiger partial charge in [0.1, 0.15) is 5.82 Å². The lowest BCUT2D eigenvalue weighted by Crippen LogP contribution is -2.24. The van der Waals surface area contributed by atoms with Gasteiger partial charge in [0, 0.05) is 17.1 Å². The monoisotopic (exact) mass is 282 g/mol. The van der Waals surface area contributed by atoms with Gasteiger partial charge in [-0.25, -0.2) is 9.97 Å². The quantitative estimate of drug-likeness (QED) is 0.885. The number of nitrogens with zero attached hydrogens (tertiary/aromatic N) is 2. The van der Waals surface area contributed by atoms with Crippen LogP contribution in [0.25, 0.3) is 0 Å². The molecule has 0 amide bonds. The third-order valence-electron chi connectivity index (χ3n) is 2.57. The summed E-state index contributed by atoms with van der Waals surface area (Å²) in [5.74, 6) is 0.487. The minimum atomic E-state index is -0.0533. The van der Waals surface area contributed by atoms with Gasteiger partial charge in [0.25, 0.3) is 0 Å². The van der Waals surface area contributed by atoms with Gasteiger partial charge in [0.05, 0.1) is 22.3 Å². The smallest absolute Gasteiger partial charge is 0.128 e. The van der Waals surface area contributed by atoms with Crippen LogP contribution in [0, 0.1) is 0 Å². The van der Waals surface area contributed by atoms with Crippen LogP contribution in [0.3, 0.4) is 0 Å². The van der Waals surface area contributed by atoms with Gasteiger partial charge in [-0.3, -0.25) is 0 Å². The minimum absolute atomic E-state index is 0.0533. The van der Waals surface area contributed by atoms with Gasteiger partial charge < -0.3 is 11.1 Å². The molecule has 2 aromatic rings. The number of rotatable bonds is 5. The summed E-state index contributed by atoms with van der Waals surface area (Å²) in [7, 11) is 0. The predicted molar refractivity (Wildman–Crippen MR) is 75.9 cm³/mol. The van der Waals surface area contributed by atoms with Crippen molar-refractivity contribution in [3.63, 3.8) is 0 Å². The molecule has 4 nitrogen and oxygen atoms in total. The molecule has 18 heavy (non-hydrogen) atoms. The maximum Gasteiger partial charge on any atom is 0.128 e. The van der Waals surface area contributed by atoms with E-state index >= 15 is 0 Å². The summed E-state index contributed by atoms with van der Waals surface area (Å²) in [5.41, 5.74) is 9.57. The summed E-state index contributed by atoms with van der Waals surface area (Å²) >= 11 is 7.55. The molecule has 0 fully saturated rings. The third kappa shape index (κ3) is 2.98. The molecule has 1 atom stereocenters. The first-order valence-corrected chi connectivity index (χ1v) is 7.06. The second-order valence-electron chi connectivity index (χ2n) is 3.93. The zero-order valence-electron chi connectivity index (χ0n) is 10.1. The van der Waals surface area contributed by atoms with Crippen LogP contribution in [0.15, 0.2) is 23.2 Å². The minimum Gasteiger partial charge on any atom is -0.383 e. The van der Waals surface area contributed by atoms with Crippen LogP contribution in [0.4, 0.5) is 5.82 Å². The molecule has 1 unspecified atom stereocenters. The molecule has 0 saturated carbocycles. The molecule has 3 N–H and O–H groups in total. The van der Waals surface area contributed by atoms with E-state index < -0.39 is 0 Å². The van der Waals surface area contributed by atoms with Crippen LogP contribution in [0.1, 0.15) is 30.6 Å². The van der Waals surface area contributed by atoms with Gasteiger partial charge in [-0.2, -0.15) is 0 Å². The van der Waals surface area contributed by atoms with Crippen LogP contribution in [-0.2, 0) is 0 Å². The van der Waals surface area contributed by atoms with Crippen molar-refractivity contribution >= 4 is 28.8 Å². The van der Waals surface area contributed by atoms with Crippen molar-refractivity contribution in [2.45, 2.75) is 19.4 Å². The largest absolute Gasteiger partial charge is 0.383 e. The number of hydrogen-bond acceptors (Lipinski definition) is 5. The molecule has 0 aliphatic rings. The Morgan fingerprint density at radius 2 is 2.33 bits per heavy atom. The summed E-state index contributed by atoms with van der Waals surface area (Å²) in [6, 6.07) is 1.79. The standard InChI is InChI=1S/C12H15ClN4S/c1-2-3-15-11(10-6-18-7-17-10)9-4-8(13)5-16-12(9)14/h4-7,11,15H,2-3H2,1H3,(H2,14,16). The first kappa shape index (κ1) is 13.3. The molecule has 0 bridgehead atoms. The van der Waals surface area contributed by atoms with Gasteiger partial charge in [0.2, 0.25) is 0 Å². The lowest BCUT2D eigenvalue weighted by Gasteiger charge is -2.18. The molecule has 96 valence electrons. The summed E-state index contributed by atoms with van der Waals surface area (Å²) in [6.45, 7) is 3.00. The maximum absolute atomic E-state index is 5.99. The lowest BCUT2D eigenvalue weighted by atomic mass is 10.1. The van der Waals surface area contributed by atoms with Gasteiger partial charge in [-0.15, -0.1) is 11.3 Å². The van der Waals surface area contributed by atoms with Gasteiger partial charge >= 0.3 is 0 Å². The van der Waals surface area contributed by atoms with Crippen LogP contribution in [-0.4, -0.2) is 16.5 Å². The molecular formula is C12H15ClN4S. The third-order valence-corrected chi connectivity index (χ3v) is 3.38. The number of thiazole rings is 1. The number of hydrogen-bond donors (Lipinski definition) is 2. The molecule has 0 spiro atoms. The van der Waals surface area contributed by atoms with E-state index in [-0.39, 0.29) is 6.04 Å². The summed E-state index contributed by atoms with van der Waals surface area (Å²) in [4.78, 5) is 8.45. The first-order valence-electron chi connectivity index (χ1n) is 5.74. The number of aromatic nitrogens is 2. The van der Waals surface area contributed by atoms with Crippen LogP contribution < -0.4 is 11.1 Å². The second-order valence-corrected chi connectivity index (χ2v) is 5.08. The topological polar surface area (TPSA) is 63.8 Å². The van der Waals surface area contributed by atoms with Crippen molar-refractivity contribution in [2.75, 3.05) is 12.3 Å². The Labute approximate surface area is 115 Å². The summed E-state index contributed by atoms with van der Waals surface area (Å²) in [5, 5.41) is 6.01. The van der Waals surface area contributed by atoms with Crippen molar-refractivity contribution in [2.24, 2.45) is 0 Å². The van der Waals surface area contributed by atoms with Crippen molar-refractivity contribution in [1.82, 2.24) is 15.3 Å². The molecule has 2 heterocycles. The van der Waals surface area contributed by atoms with Crippen molar-refractivity contribution in [3.05, 3.63) is 39.4 Å². The zero-order valence-corrected chi connectivity index (χ0v) is 11.6. The molecule has 0 radical (unpaired) electrons. The van der Waals surface area contributed by atoms with E-state index in [1.165, 1.54) is 0 Å². The Balaban J connectivity index is 2.36. The molecule has 0 aromatic carbocycles. The Morgan fingerprint density at radius 3 is 3.00 bits per heavy atom. The Morgan fingerprint density at radius 1 is 1.50 bits per heavy atom. The normalized spacial score (nSPS) is 12.6. The predicted octanol–water partition coefficient (Wildman–Crippen LogP) is 2.86. The van der Waals surface area contributed by atoms with E-state index in [4.69, 9.17) is 17.3 Å². The fourth-order valence-corrected chi connectivity index (χ4v) is 2.47. The van der Waals surface area contributed by atoms with E-state index in [9.17, 15) is 0 Å². The number of halogens is 1. The number of nitrogen functional groups attached to an aromatic ring is 1. The van der Waals surface area contributed by atoms with Gasteiger partial charge in [-0.1, -0.05) is 18.5 Å². The molecular weight excluding hydrogens is 268 g/mol. The number of pyridine rings is 1. The highest BCUT2D eigenvalue weighted by atomic mass is 35.5. The van der Waals surface area contributed by atoms with Crippen molar-refractivity contribution in [3.8, 4) is 0 Å². The molecule has 2 rings (SSSR count). The van der Waals surface area contributed by atoms with Crippen LogP contribution in [0.2, 0.25) is 5.02 Å². The van der Waals surface area contributed by atoms with E-state index in [1.54, 1.807) is 17.5 Å². The van der Waals surface area contributed by atoms with E-state index in [0.717, 1.165) is 24.2 Å². The van der Waals surface area contributed by atoms with Crippen molar-refractivity contribution in [1.29, 1.82) is 0 Å². The average molecular weight is 283 g/mol. The average Bonchev–Trinajstić information content (AvgIpc) is 2.88. The van der Waals surface area contributed by atoms with Crippen molar-refractivity contribution < 1.29 is 0 Å². The van der Waals surface area contributed by atoms with Crippen LogP contribution in [0.5, 0.6) is 0 Å². The first-order chi connectivity index (χ1) is 8.72. The molecule has 0 aliphatic heterocycles. The highest BCUT2D eigenvalue weighted by Gasteiger charge is 2.18.